The van der Waals surface area contributed by atoms with Gasteiger partial charge in [-0.15, -0.1) is 0 Å². The number of carbonyl (C=O) groups excluding carboxylic acids is 2. The van der Waals surface area contributed by atoms with Crippen LogP contribution in [0.3, 0.4) is 0 Å². The van der Waals surface area contributed by atoms with Gasteiger partial charge in [-0.05, 0) is 49.7 Å². The highest BCUT2D eigenvalue weighted by molar-refractivity contribution is 6.06. The molecule has 1 saturated heterocycles. The molecular formula is C24H29FN4O2. The van der Waals surface area contributed by atoms with Gasteiger partial charge in [0.15, 0.2) is 5.96 Å². The van der Waals surface area contributed by atoms with Gasteiger partial charge in [0.25, 0.3) is 0 Å². The molecule has 0 aromatic heterocycles. The molecule has 5 rings (SSSR count). The second kappa shape index (κ2) is 8.09. The van der Waals surface area contributed by atoms with Crippen molar-refractivity contribution in [1.29, 1.82) is 0 Å². The largest absolute Gasteiger partial charge is 0.357 e. The van der Waals surface area contributed by atoms with Gasteiger partial charge in [-0.1, -0.05) is 30.4 Å². The van der Waals surface area contributed by atoms with Crippen LogP contribution in [0.15, 0.2) is 41.4 Å². The van der Waals surface area contributed by atoms with E-state index < -0.39 is 0 Å². The average Bonchev–Trinajstić information content (AvgIpc) is 3.09. The summed E-state index contributed by atoms with van der Waals surface area (Å²) in [6, 6.07) is 7.08. The Morgan fingerprint density at radius 1 is 1.13 bits per heavy atom. The van der Waals surface area contributed by atoms with Gasteiger partial charge in [-0.25, -0.2) is 4.39 Å². The van der Waals surface area contributed by atoms with Crippen molar-refractivity contribution in [2.45, 2.75) is 38.1 Å². The molecule has 1 aliphatic heterocycles. The van der Waals surface area contributed by atoms with Crippen LogP contribution in [0, 0.1) is 29.5 Å². The summed E-state index contributed by atoms with van der Waals surface area (Å²) in [7, 11) is 0. The van der Waals surface area contributed by atoms with Crippen LogP contribution in [0.4, 0.5) is 4.39 Å². The van der Waals surface area contributed by atoms with Crippen LogP contribution in [0.2, 0.25) is 0 Å². The summed E-state index contributed by atoms with van der Waals surface area (Å²) in [6.07, 6.45) is 6.70. The first-order valence-corrected chi connectivity index (χ1v) is 11.4. The lowest BCUT2D eigenvalue weighted by molar-refractivity contribution is -0.140. The number of amides is 2. The van der Waals surface area contributed by atoms with Gasteiger partial charge >= 0.3 is 0 Å². The van der Waals surface area contributed by atoms with E-state index in [1.54, 1.807) is 6.07 Å². The van der Waals surface area contributed by atoms with Crippen LogP contribution in [0.5, 0.6) is 0 Å². The van der Waals surface area contributed by atoms with Crippen molar-refractivity contribution in [3.63, 3.8) is 0 Å². The maximum absolute atomic E-state index is 14.0. The molecule has 3 fully saturated rings. The van der Waals surface area contributed by atoms with Crippen molar-refractivity contribution >= 4 is 17.8 Å². The monoisotopic (exact) mass is 424 g/mol. The van der Waals surface area contributed by atoms with Crippen LogP contribution in [0.1, 0.15) is 37.7 Å². The van der Waals surface area contributed by atoms with Gasteiger partial charge in [0.05, 0.1) is 11.8 Å². The van der Waals surface area contributed by atoms with Gasteiger partial charge < -0.3 is 10.6 Å². The fourth-order valence-electron chi connectivity index (χ4n) is 5.57. The maximum Gasteiger partial charge on any atom is 0.233 e. The fourth-order valence-corrected chi connectivity index (χ4v) is 5.57. The summed E-state index contributed by atoms with van der Waals surface area (Å²) in [5.41, 5.74) is 0.746. The van der Waals surface area contributed by atoms with E-state index in [4.69, 9.17) is 0 Å². The first-order chi connectivity index (χ1) is 15.1. The molecule has 1 aromatic rings. The molecule has 6 nitrogen and oxygen atoms in total. The molecule has 6 atom stereocenters. The number of carbonyl (C=O) groups is 2. The first kappa shape index (κ1) is 20.2. The Hall–Kier alpha value is -2.70. The Labute approximate surface area is 182 Å². The van der Waals surface area contributed by atoms with E-state index in [-0.39, 0.29) is 53.3 Å². The maximum atomic E-state index is 14.0. The second-order valence-electron chi connectivity index (χ2n) is 9.06. The molecule has 0 spiro atoms. The first-order valence-electron chi connectivity index (χ1n) is 11.4. The van der Waals surface area contributed by atoms with E-state index in [9.17, 15) is 14.0 Å². The Balaban J connectivity index is 1.13. The molecular weight excluding hydrogens is 395 g/mol. The molecule has 2 amide bonds. The van der Waals surface area contributed by atoms with E-state index in [0.717, 1.165) is 24.9 Å². The van der Waals surface area contributed by atoms with Crippen LogP contribution in [-0.2, 0) is 9.59 Å². The van der Waals surface area contributed by atoms with Crippen molar-refractivity contribution in [2.75, 3.05) is 19.6 Å². The SMILES string of the molecule is CCNC(=NCCCN1C(=O)C2C3C=CC(C3)C2C1=O)NC1CC1c1ccccc1F. The number of hydrogen-bond acceptors (Lipinski definition) is 3. The topological polar surface area (TPSA) is 73.8 Å². The number of imide groups is 1. The second-order valence-corrected chi connectivity index (χ2v) is 9.06. The predicted molar refractivity (Wildman–Crippen MR) is 116 cm³/mol. The lowest BCUT2D eigenvalue weighted by Crippen LogP contribution is -2.39. The third-order valence-corrected chi connectivity index (χ3v) is 7.13. The molecule has 2 bridgehead atoms. The minimum absolute atomic E-state index is 0.00608. The molecule has 4 aliphatic rings. The minimum Gasteiger partial charge on any atom is -0.357 e. The van der Waals surface area contributed by atoms with Crippen molar-refractivity contribution < 1.29 is 14.0 Å². The Morgan fingerprint density at radius 3 is 2.52 bits per heavy atom. The van der Waals surface area contributed by atoms with E-state index in [1.807, 2.05) is 19.1 Å². The summed E-state index contributed by atoms with van der Waals surface area (Å²) in [6.45, 7) is 3.67. The highest BCUT2D eigenvalue weighted by Crippen LogP contribution is 2.52. The molecule has 1 aromatic carbocycles. The van der Waals surface area contributed by atoms with Crippen LogP contribution in [0.25, 0.3) is 0 Å². The zero-order valence-electron chi connectivity index (χ0n) is 17.8. The minimum atomic E-state index is -0.160. The Kier molecular flexibility index (Phi) is 5.28. The van der Waals surface area contributed by atoms with Gasteiger partial charge in [0, 0.05) is 31.6 Å². The average molecular weight is 425 g/mol. The molecule has 2 N–H and O–H groups in total. The molecule has 164 valence electrons. The van der Waals surface area contributed by atoms with Gasteiger partial charge in [-0.3, -0.25) is 19.5 Å². The lowest BCUT2D eigenvalue weighted by Gasteiger charge is -2.17. The van der Waals surface area contributed by atoms with Gasteiger partial charge in [0.1, 0.15) is 5.82 Å². The molecule has 2 saturated carbocycles. The molecule has 3 aliphatic carbocycles. The normalized spacial score (nSPS) is 33.2. The number of benzene rings is 1. The molecule has 31 heavy (non-hydrogen) atoms. The fraction of sp³-hybridized carbons (Fsp3) is 0.542. The van der Waals surface area contributed by atoms with Crippen molar-refractivity contribution in [1.82, 2.24) is 15.5 Å². The number of aliphatic imine (C=N–C) groups is 1. The van der Waals surface area contributed by atoms with Crippen molar-refractivity contribution in [3.05, 3.63) is 47.8 Å². The third-order valence-electron chi connectivity index (χ3n) is 7.13. The van der Waals surface area contributed by atoms with E-state index >= 15 is 0 Å². The number of likely N-dealkylation sites (tertiary alicyclic amines) is 1. The number of allylic oxidation sites excluding steroid dienone is 2. The number of rotatable bonds is 7. The standard InChI is InChI=1S/C24H29FN4O2/c1-2-26-24(28-19-13-17(19)16-6-3-4-7-18(16)25)27-10-5-11-29-22(30)20-14-8-9-15(12-14)21(20)23(29)31/h3-4,6-9,14-15,17,19-21H,2,5,10-13H2,1H3,(H2,26,27,28). The zero-order valence-corrected chi connectivity index (χ0v) is 17.8. The van der Waals surface area contributed by atoms with Crippen molar-refractivity contribution in [2.24, 2.45) is 28.7 Å². The van der Waals surface area contributed by atoms with Crippen LogP contribution < -0.4 is 10.6 Å². The summed E-state index contributed by atoms with van der Waals surface area (Å²) < 4.78 is 14.0. The number of guanidine groups is 1. The number of fused-ring (bicyclic) bond motifs is 5. The third kappa shape index (κ3) is 3.64. The highest BCUT2D eigenvalue weighted by Gasteiger charge is 2.58. The number of nitrogens with one attached hydrogen (secondary N) is 2. The van der Waals surface area contributed by atoms with E-state index in [1.165, 1.54) is 11.0 Å². The van der Waals surface area contributed by atoms with E-state index in [0.29, 0.717) is 25.5 Å². The highest BCUT2D eigenvalue weighted by atomic mass is 19.1. The smallest absolute Gasteiger partial charge is 0.233 e. The van der Waals surface area contributed by atoms with Crippen molar-refractivity contribution in [3.8, 4) is 0 Å². The number of nitrogens with zero attached hydrogens (tertiary/aromatic N) is 2. The number of hydrogen-bond donors (Lipinski definition) is 2. The van der Waals surface area contributed by atoms with Gasteiger partial charge in [0.2, 0.25) is 11.8 Å². The number of halogens is 1. The predicted octanol–water partition coefficient (Wildman–Crippen LogP) is 2.43. The lowest BCUT2D eigenvalue weighted by atomic mass is 9.85. The molecule has 0 radical (unpaired) electrons. The summed E-state index contributed by atoms with van der Waals surface area (Å²) >= 11 is 0. The quantitative estimate of drug-likeness (QED) is 0.232. The molecule has 1 heterocycles. The zero-order chi connectivity index (χ0) is 21.5. The summed E-state index contributed by atoms with van der Waals surface area (Å²) in [5, 5.41) is 6.61. The molecule has 6 unspecified atom stereocenters. The van der Waals surface area contributed by atoms with Crippen LogP contribution >= 0.6 is 0 Å². The summed E-state index contributed by atoms with van der Waals surface area (Å²) in [4.78, 5) is 31.6. The summed E-state index contributed by atoms with van der Waals surface area (Å²) in [5.74, 6) is 0.952. The Morgan fingerprint density at radius 2 is 1.84 bits per heavy atom. The van der Waals surface area contributed by atoms with Gasteiger partial charge in [-0.2, -0.15) is 0 Å². The van der Waals surface area contributed by atoms with E-state index in [2.05, 4.69) is 27.8 Å². The Bertz CT molecular complexity index is 915. The molecule has 7 heteroatoms. The van der Waals surface area contributed by atoms with Crippen LogP contribution in [-0.4, -0.2) is 48.3 Å².